The second kappa shape index (κ2) is 7.26. The van der Waals surface area contributed by atoms with Gasteiger partial charge < -0.3 is 14.0 Å². The van der Waals surface area contributed by atoms with Gasteiger partial charge in [0, 0.05) is 6.42 Å². The minimum atomic E-state index is -3.32. The summed E-state index contributed by atoms with van der Waals surface area (Å²) in [4.78, 5) is 21.5. The molecule has 0 fully saturated rings. The number of hydrogen-bond acceptors (Lipinski definition) is 6. The number of aromatic nitrogens is 2. The summed E-state index contributed by atoms with van der Waals surface area (Å²) in [5.41, 5.74) is 2.75. The molecule has 0 amide bonds. The second-order valence-corrected chi connectivity index (χ2v) is 7.78. The molecule has 1 aromatic rings. The summed E-state index contributed by atoms with van der Waals surface area (Å²) in [7, 11) is -1.89. The Kier molecular flexibility index (Phi) is 6.22. The fourth-order valence-electron chi connectivity index (χ4n) is 2.00. The van der Waals surface area contributed by atoms with Gasteiger partial charge in [-0.15, -0.1) is 0 Å². The van der Waals surface area contributed by atoms with Crippen molar-refractivity contribution in [1.82, 2.24) is 9.97 Å². The predicted octanol–water partition coefficient (Wildman–Crippen LogP) is 2.26. The third kappa shape index (κ3) is 4.20. The van der Waals surface area contributed by atoms with E-state index in [1.54, 1.807) is 27.7 Å². The number of rotatable bonds is 9. The number of H-pyrrole nitrogens is 2. The zero-order chi connectivity index (χ0) is 16.1. The molecule has 1 aromatic heterocycles. The van der Waals surface area contributed by atoms with Crippen LogP contribution >= 0.6 is 7.60 Å². The largest absolute Gasteiger partial charge is 0.336 e. The van der Waals surface area contributed by atoms with E-state index >= 15 is 0 Å². The van der Waals surface area contributed by atoms with E-state index in [9.17, 15) is 9.36 Å². The number of aromatic amines is 2. The summed E-state index contributed by atoms with van der Waals surface area (Å²) in [6.45, 7) is 7.65. The summed E-state index contributed by atoms with van der Waals surface area (Å²) < 4.78 is 23.7. The molecule has 21 heavy (non-hydrogen) atoms. The maximum atomic E-state index is 12.9. The van der Waals surface area contributed by atoms with Gasteiger partial charge >= 0.3 is 13.3 Å². The summed E-state index contributed by atoms with van der Waals surface area (Å²) in [5, 5.41) is -0.811. The third-order valence-electron chi connectivity index (χ3n) is 2.96. The number of imidazole rings is 1. The monoisotopic (exact) mass is 321 g/mol. The van der Waals surface area contributed by atoms with Crippen molar-refractivity contribution in [3.05, 3.63) is 16.2 Å². The van der Waals surface area contributed by atoms with Crippen molar-refractivity contribution in [3.63, 3.8) is 0 Å². The molecule has 0 radical (unpaired) electrons. The second-order valence-electron chi connectivity index (χ2n) is 5.06. The Morgan fingerprint density at radius 3 is 2.24 bits per heavy atom. The molecule has 0 atom stereocenters. The van der Waals surface area contributed by atoms with Crippen molar-refractivity contribution >= 4 is 13.4 Å². The molecule has 0 bridgehead atoms. The van der Waals surface area contributed by atoms with Gasteiger partial charge in [-0.3, -0.25) is 14.4 Å². The Morgan fingerprint density at radius 1 is 1.19 bits per heavy atom. The van der Waals surface area contributed by atoms with Crippen molar-refractivity contribution < 1.29 is 18.5 Å². The van der Waals surface area contributed by atoms with E-state index in [0.29, 0.717) is 11.5 Å². The molecule has 0 aliphatic rings. The van der Waals surface area contributed by atoms with Crippen LogP contribution in [-0.4, -0.2) is 35.4 Å². The molecule has 0 aromatic carbocycles. The maximum absolute atomic E-state index is 12.9. The average Bonchev–Trinajstić information content (AvgIpc) is 2.69. The van der Waals surface area contributed by atoms with E-state index in [-0.39, 0.29) is 25.3 Å². The van der Waals surface area contributed by atoms with E-state index in [0.717, 1.165) is 0 Å². The molecule has 1 heterocycles. The third-order valence-corrected chi connectivity index (χ3v) is 5.79. The summed E-state index contributed by atoms with van der Waals surface area (Å²) in [5.74, 6) is 0.398. The number of hydrogen-bond donors (Lipinski definition) is 3. The molecule has 122 valence electrons. The van der Waals surface area contributed by atoms with E-state index in [2.05, 4.69) is 15.4 Å². The first-order valence-electron chi connectivity index (χ1n) is 6.79. The van der Waals surface area contributed by atoms with Crippen LogP contribution in [0.25, 0.3) is 0 Å². The fraction of sp³-hybridized carbons (Fsp3) is 0.750. The lowest BCUT2D eigenvalue weighted by molar-refractivity contribution is 0.200. The molecule has 8 nitrogen and oxygen atoms in total. The van der Waals surface area contributed by atoms with Crippen LogP contribution in [0.2, 0.25) is 0 Å². The van der Waals surface area contributed by atoms with E-state index in [1.807, 2.05) is 0 Å². The number of anilines is 1. The van der Waals surface area contributed by atoms with Crippen LogP contribution in [0.1, 0.15) is 33.4 Å². The van der Waals surface area contributed by atoms with Gasteiger partial charge in [-0.25, -0.2) is 10.3 Å². The highest BCUT2D eigenvalue weighted by Crippen LogP contribution is 2.60. The molecule has 3 N–H and O–H groups in total. The molecule has 0 saturated heterocycles. The van der Waals surface area contributed by atoms with Crippen molar-refractivity contribution in [2.45, 2.75) is 39.3 Å². The van der Waals surface area contributed by atoms with Gasteiger partial charge in [0.05, 0.1) is 31.2 Å². The lowest BCUT2D eigenvalue weighted by Crippen LogP contribution is -2.27. The van der Waals surface area contributed by atoms with Crippen LogP contribution in [0.15, 0.2) is 4.79 Å². The number of nitrogens with one attached hydrogen (secondary N) is 3. The fourth-order valence-corrected chi connectivity index (χ4v) is 3.80. The Morgan fingerprint density at radius 2 is 1.76 bits per heavy atom. The molecule has 0 unspecified atom stereocenters. The molecule has 0 spiro atoms. The minimum Gasteiger partial charge on any atom is -0.308 e. The lowest BCUT2D eigenvalue weighted by atomic mass is 10.1. The van der Waals surface area contributed by atoms with E-state index in [1.165, 1.54) is 7.11 Å². The topological polar surface area (TPSA) is 105 Å². The van der Waals surface area contributed by atoms with Gasteiger partial charge in [-0.1, -0.05) is 0 Å². The standard InChI is InChI=1S/C12H24N3O5P/c1-6-19-21(17,20-7-2)12(3,4)8-9-10(15-18-5)14-11(16)13-9/h15H,6-8H2,1-5H3,(H2,13,14,16). The minimum absolute atomic E-state index is 0.285. The Hall–Kier alpha value is -1.08. The highest BCUT2D eigenvalue weighted by atomic mass is 31.2. The van der Waals surface area contributed by atoms with Crippen molar-refractivity contribution in [2.24, 2.45) is 0 Å². The first-order chi connectivity index (χ1) is 9.79. The van der Waals surface area contributed by atoms with Crippen LogP contribution in [-0.2, 0) is 24.9 Å². The van der Waals surface area contributed by atoms with Gasteiger partial charge in [-0.05, 0) is 27.7 Å². The van der Waals surface area contributed by atoms with Gasteiger partial charge in [0.25, 0.3) is 0 Å². The molecule has 0 saturated carbocycles. The lowest BCUT2D eigenvalue weighted by Gasteiger charge is -2.32. The summed E-state index contributed by atoms with van der Waals surface area (Å²) >= 11 is 0. The zero-order valence-corrected chi connectivity index (χ0v) is 14.0. The van der Waals surface area contributed by atoms with Crippen molar-refractivity contribution in [2.75, 3.05) is 25.8 Å². The molecule has 9 heteroatoms. The summed E-state index contributed by atoms with van der Waals surface area (Å²) in [6.07, 6.45) is 0.286. The Labute approximate surface area is 124 Å². The molecule has 1 rings (SSSR count). The Balaban J connectivity index is 3.07. The quantitative estimate of drug-likeness (QED) is 0.476. The maximum Gasteiger partial charge on any atom is 0.336 e. The van der Waals surface area contributed by atoms with Crippen LogP contribution < -0.4 is 11.2 Å². The normalized spacial score (nSPS) is 12.6. The first-order valence-corrected chi connectivity index (χ1v) is 8.33. The smallest absolute Gasteiger partial charge is 0.308 e. The van der Waals surface area contributed by atoms with Crippen LogP contribution in [0.3, 0.4) is 0 Å². The molecular weight excluding hydrogens is 297 g/mol. The van der Waals surface area contributed by atoms with Crippen LogP contribution in [0.4, 0.5) is 5.82 Å². The predicted molar refractivity (Wildman–Crippen MR) is 80.7 cm³/mol. The van der Waals surface area contributed by atoms with Crippen LogP contribution in [0, 0.1) is 0 Å². The van der Waals surface area contributed by atoms with Gasteiger partial charge in [0.1, 0.15) is 0 Å². The van der Waals surface area contributed by atoms with Gasteiger partial charge in [0.15, 0.2) is 5.82 Å². The molecular formula is C12H24N3O5P. The highest BCUT2D eigenvalue weighted by molar-refractivity contribution is 7.55. The molecule has 0 aliphatic heterocycles. The van der Waals surface area contributed by atoms with Crippen molar-refractivity contribution in [3.8, 4) is 0 Å². The molecule has 0 aliphatic carbocycles. The first kappa shape index (κ1) is 18.0. The van der Waals surface area contributed by atoms with Gasteiger partial charge in [0.2, 0.25) is 0 Å². The zero-order valence-electron chi connectivity index (χ0n) is 13.1. The van der Waals surface area contributed by atoms with Crippen molar-refractivity contribution in [1.29, 1.82) is 0 Å². The highest BCUT2D eigenvalue weighted by Gasteiger charge is 2.44. The van der Waals surface area contributed by atoms with Crippen LogP contribution in [0.5, 0.6) is 0 Å². The summed E-state index contributed by atoms with van der Waals surface area (Å²) in [6, 6.07) is 0. The Bertz CT molecular complexity index is 541. The van der Waals surface area contributed by atoms with Gasteiger partial charge in [-0.2, -0.15) is 0 Å². The van der Waals surface area contributed by atoms with E-state index in [4.69, 9.17) is 13.9 Å². The average molecular weight is 321 g/mol. The van der Waals surface area contributed by atoms with E-state index < -0.39 is 12.8 Å². The SMILES string of the molecule is CCOP(=O)(OCC)C(C)(C)Cc1[nH]c(=O)[nH]c1NOC.